The Bertz CT molecular complexity index is 972. The third-order valence-corrected chi connectivity index (χ3v) is 5.12. The highest BCUT2D eigenvalue weighted by molar-refractivity contribution is 7.81. The van der Waals surface area contributed by atoms with E-state index >= 15 is 0 Å². The monoisotopic (exact) mass is 386 g/mol. The summed E-state index contributed by atoms with van der Waals surface area (Å²) >= 11 is 5.61. The largest absolute Gasteiger partial charge is 0.273 e. The van der Waals surface area contributed by atoms with Crippen molar-refractivity contribution in [1.29, 1.82) is 0 Å². The van der Waals surface area contributed by atoms with Crippen molar-refractivity contribution in [1.82, 2.24) is 0 Å². The van der Waals surface area contributed by atoms with E-state index in [-0.39, 0.29) is 16.9 Å². The van der Waals surface area contributed by atoms with Crippen molar-refractivity contribution in [2.75, 3.05) is 9.80 Å². The molecular formula is C23H18N2O2S. The predicted molar refractivity (Wildman–Crippen MR) is 114 cm³/mol. The lowest BCUT2D eigenvalue weighted by atomic mass is 9.93. The molecule has 0 aliphatic carbocycles. The van der Waals surface area contributed by atoms with Crippen LogP contribution in [0.15, 0.2) is 84.9 Å². The summed E-state index contributed by atoms with van der Waals surface area (Å²) in [4.78, 5) is 29.7. The van der Waals surface area contributed by atoms with Crippen LogP contribution in [0.25, 0.3) is 0 Å². The molecule has 2 amide bonds. The first-order valence-corrected chi connectivity index (χ1v) is 9.37. The Hall–Kier alpha value is -3.31. The number of anilines is 2. The van der Waals surface area contributed by atoms with E-state index in [1.807, 2.05) is 79.7 Å². The number of para-hydroxylation sites is 1. The Morgan fingerprint density at radius 1 is 0.679 bits per heavy atom. The molecule has 138 valence electrons. The molecule has 0 N–H and O–H groups in total. The first-order chi connectivity index (χ1) is 13.6. The molecule has 3 aromatic rings. The molecule has 0 radical (unpaired) electrons. The topological polar surface area (TPSA) is 40.6 Å². The maximum Gasteiger partial charge on any atom is 0.250 e. The smallest absolute Gasteiger partial charge is 0.250 e. The van der Waals surface area contributed by atoms with Crippen LogP contribution in [0, 0.1) is 6.92 Å². The molecule has 0 spiro atoms. The van der Waals surface area contributed by atoms with Crippen molar-refractivity contribution in [3.05, 3.63) is 96.1 Å². The zero-order valence-corrected chi connectivity index (χ0v) is 16.1. The zero-order chi connectivity index (χ0) is 19.7. The third kappa shape index (κ3) is 3.10. The Morgan fingerprint density at radius 2 is 1.14 bits per heavy atom. The highest BCUT2D eigenvalue weighted by Gasteiger charge is 2.45. The number of carbonyl (C=O) groups excluding carboxylic acids is 2. The van der Waals surface area contributed by atoms with Gasteiger partial charge in [0.2, 0.25) is 11.8 Å². The maximum absolute atomic E-state index is 13.4. The molecule has 0 bridgehead atoms. The summed E-state index contributed by atoms with van der Waals surface area (Å²) in [5, 5.41) is 0.164. The molecule has 1 heterocycles. The summed E-state index contributed by atoms with van der Waals surface area (Å²) in [6, 6.07) is 25.8. The molecule has 1 unspecified atom stereocenters. The lowest BCUT2D eigenvalue weighted by Crippen LogP contribution is -2.59. The van der Waals surface area contributed by atoms with E-state index in [0.717, 1.165) is 5.56 Å². The summed E-state index contributed by atoms with van der Waals surface area (Å²) in [5.74, 6) is -1.62. The molecule has 0 saturated carbocycles. The van der Waals surface area contributed by atoms with Crippen LogP contribution in [0.4, 0.5) is 11.4 Å². The fourth-order valence-electron chi connectivity index (χ4n) is 3.33. The fraction of sp³-hybridized carbons (Fsp3) is 0.0870. The van der Waals surface area contributed by atoms with Gasteiger partial charge in [-0.1, -0.05) is 66.2 Å². The van der Waals surface area contributed by atoms with Gasteiger partial charge in [-0.05, 0) is 49.0 Å². The average molecular weight is 386 g/mol. The third-order valence-electron chi connectivity index (χ3n) is 4.76. The van der Waals surface area contributed by atoms with E-state index in [0.29, 0.717) is 16.9 Å². The summed E-state index contributed by atoms with van der Waals surface area (Å²) in [7, 11) is 0. The van der Waals surface area contributed by atoms with Gasteiger partial charge in [0.15, 0.2) is 5.11 Å². The molecule has 1 atom stereocenters. The number of hydrogen-bond donors (Lipinski definition) is 0. The van der Waals surface area contributed by atoms with E-state index in [1.165, 1.54) is 9.80 Å². The number of carbonyl (C=O) groups is 2. The van der Waals surface area contributed by atoms with Gasteiger partial charge in [0.1, 0.15) is 5.92 Å². The number of aryl methyl sites for hydroxylation is 1. The molecule has 5 heteroatoms. The van der Waals surface area contributed by atoms with Crippen LogP contribution in [0.2, 0.25) is 0 Å². The summed E-state index contributed by atoms with van der Waals surface area (Å²) < 4.78 is 0. The Morgan fingerprint density at radius 3 is 1.68 bits per heavy atom. The predicted octanol–water partition coefficient (Wildman–Crippen LogP) is 4.44. The average Bonchev–Trinajstić information content (AvgIpc) is 2.71. The fourth-order valence-corrected chi connectivity index (χ4v) is 3.72. The minimum absolute atomic E-state index is 0.164. The quantitative estimate of drug-likeness (QED) is 0.493. The number of rotatable bonds is 3. The van der Waals surface area contributed by atoms with Crippen LogP contribution < -0.4 is 9.80 Å². The Labute approximate surface area is 169 Å². The van der Waals surface area contributed by atoms with Gasteiger partial charge in [-0.25, -0.2) is 0 Å². The molecular weight excluding hydrogens is 368 g/mol. The molecule has 1 fully saturated rings. The van der Waals surface area contributed by atoms with E-state index < -0.39 is 5.92 Å². The van der Waals surface area contributed by atoms with E-state index in [4.69, 9.17) is 12.2 Å². The van der Waals surface area contributed by atoms with Gasteiger partial charge in [0.25, 0.3) is 0 Å². The second kappa shape index (κ2) is 7.37. The van der Waals surface area contributed by atoms with Crippen molar-refractivity contribution >= 4 is 40.5 Å². The van der Waals surface area contributed by atoms with E-state index in [2.05, 4.69) is 0 Å². The van der Waals surface area contributed by atoms with Crippen LogP contribution in [-0.4, -0.2) is 16.9 Å². The van der Waals surface area contributed by atoms with Crippen molar-refractivity contribution in [3.63, 3.8) is 0 Å². The van der Waals surface area contributed by atoms with Gasteiger partial charge in [0, 0.05) is 0 Å². The van der Waals surface area contributed by atoms with Gasteiger partial charge < -0.3 is 0 Å². The van der Waals surface area contributed by atoms with Crippen molar-refractivity contribution < 1.29 is 9.59 Å². The normalized spacial score (nSPS) is 17.2. The first-order valence-electron chi connectivity index (χ1n) is 8.96. The van der Waals surface area contributed by atoms with Crippen molar-refractivity contribution in [3.8, 4) is 0 Å². The molecule has 28 heavy (non-hydrogen) atoms. The van der Waals surface area contributed by atoms with Crippen LogP contribution in [0.5, 0.6) is 0 Å². The molecule has 4 rings (SSSR count). The number of benzene rings is 3. The minimum atomic E-state index is -0.950. The van der Waals surface area contributed by atoms with Gasteiger partial charge in [-0.2, -0.15) is 0 Å². The van der Waals surface area contributed by atoms with Crippen LogP contribution in [0.3, 0.4) is 0 Å². The second-order valence-corrected chi connectivity index (χ2v) is 7.01. The standard InChI is InChI=1S/C23H18N2O2S/c1-16-12-14-19(15-13-16)25-22(27)20(17-8-4-2-5-9-17)21(26)24(23(25)28)18-10-6-3-7-11-18/h2-15,20H,1H3. The first kappa shape index (κ1) is 18.1. The maximum atomic E-state index is 13.4. The van der Waals surface area contributed by atoms with Crippen LogP contribution >= 0.6 is 12.2 Å². The summed E-state index contributed by atoms with van der Waals surface area (Å²) in [6.45, 7) is 1.98. The Kier molecular flexibility index (Phi) is 4.75. The lowest BCUT2D eigenvalue weighted by molar-refractivity contribution is -0.128. The highest BCUT2D eigenvalue weighted by Crippen LogP contribution is 2.33. The number of thiocarbonyl (C=S) groups is 1. The van der Waals surface area contributed by atoms with Crippen molar-refractivity contribution in [2.45, 2.75) is 12.8 Å². The van der Waals surface area contributed by atoms with Gasteiger partial charge in [-0.3, -0.25) is 19.4 Å². The minimum Gasteiger partial charge on any atom is -0.273 e. The summed E-state index contributed by atoms with van der Waals surface area (Å²) in [6.07, 6.45) is 0. The molecule has 1 aliphatic rings. The van der Waals surface area contributed by atoms with E-state index in [9.17, 15) is 9.59 Å². The SMILES string of the molecule is Cc1ccc(N2C(=O)C(c3ccccc3)C(=O)N(c3ccccc3)C2=S)cc1. The summed E-state index contributed by atoms with van der Waals surface area (Å²) in [5.41, 5.74) is 3.02. The lowest BCUT2D eigenvalue weighted by Gasteiger charge is -2.39. The van der Waals surface area contributed by atoms with Crippen LogP contribution in [-0.2, 0) is 9.59 Å². The molecule has 0 aromatic heterocycles. The van der Waals surface area contributed by atoms with Gasteiger partial charge in [-0.15, -0.1) is 0 Å². The molecule has 1 saturated heterocycles. The number of nitrogens with zero attached hydrogens (tertiary/aromatic N) is 2. The molecule has 3 aromatic carbocycles. The van der Waals surface area contributed by atoms with Crippen LogP contribution in [0.1, 0.15) is 17.0 Å². The zero-order valence-electron chi connectivity index (χ0n) is 15.3. The highest BCUT2D eigenvalue weighted by atomic mass is 32.1. The molecule has 1 aliphatic heterocycles. The van der Waals surface area contributed by atoms with Crippen molar-refractivity contribution in [2.24, 2.45) is 0 Å². The van der Waals surface area contributed by atoms with Gasteiger partial charge in [0.05, 0.1) is 11.4 Å². The number of amides is 2. The van der Waals surface area contributed by atoms with Gasteiger partial charge >= 0.3 is 0 Å². The number of hydrogen-bond acceptors (Lipinski definition) is 3. The van der Waals surface area contributed by atoms with E-state index in [1.54, 1.807) is 12.1 Å². The second-order valence-electron chi connectivity index (χ2n) is 6.64. The Balaban J connectivity index is 1.86. The molecule has 4 nitrogen and oxygen atoms in total.